The molecule has 3 rings (SSSR count). The van der Waals surface area contributed by atoms with Crippen LogP contribution in [0.1, 0.15) is 5.69 Å². The monoisotopic (exact) mass is 343 g/mol. The molecule has 1 aromatic carbocycles. The Morgan fingerprint density at radius 3 is 2.55 bits per heavy atom. The summed E-state index contributed by atoms with van der Waals surface area (Å²) in [6.07, 6.45) is -2.60. The van der Waals surface area contributed by atoms with E-state index < -0.39 is 11.9 Å². The van der Waals surface area contributed by atoms with E-state index in [-0.39, 0.29) is 0 Å². The highest BCUT2D eigenvalue weighted by Crippen LogP contribution is 2.32. The van der Waals surface area contributed by atoms with E-state index in [9.17, 15) is 13.2 Å². The molecule has 0 spiro atoms. The Balaban J connectivity index is 2.13. The molecule has 0 saturated heterocycles. The normalized spacial score (nSPS) is 12.2. The summed E-state index contributed by atoms with van der Waals surface area (Å²) in [6.45, 7) is 0. The Morgan fingerprint density at radius 2 is 1.90 bits per heavy atom. The van der Waals surface area contributed by atoms with Gasteiger partial charge in [0.2, 0.25) is 0 Å². The van der Waals surface area contributed by atoms with Crippen LogP contribution in [0.15, 0.2) is 36.5 Å². The fourth-order valence-corrected chi connectivity index (χ4v) is 2.59. The summed E-state index contributed by atoms with van der Waals surface area (Å²) in [6, 6.07) is 8.40. The molecule has 7 heteroatoms. The molecule has 0 saturated carbocycles. The number of hydrogen-bond donors (Lipinski definition) is 0. The minimum atomic E-state index is -4.43. The van der Waals surface area contributed by atoms with Gasteiger partial charge in [-0.05, 0) is 24.3 Å². The summed E-state index contributed by atoms with van der Waals surface area (Å²) < 4.78 is 41.0. The van der Waals surface area contributed by atoms with Crippen molar-refractivity contribution in [3.05, 3.63) is 42.2 Å². The van der Waals surface area contributed by atoms with Gasteiger partial charge in [-0.3, -0.25) is 8.27 Å². The molecule has 2 heterocycles. The molecule has 2 aromatic heterocycles. The average molecular weight is 344 g/mol. The van der Waals surface area contributed by atoms with Crippen LogP contribution in [0, 0.1) is 0 Å². The minimum Gasteiger partial charge on any atom is -0.284 e. The van der Waals surface area contributed by atoms with Gasteiger partial charge in [-0.1, -0.05) is 6.07 Å². The molecule has 0 aliphatic heterocycles. The second-order valence-corrected chi connectivity index (χ2v) is 5.20. The first-order valence-corrected chi connectivity index (χ1v) is 6.46. The van der Waals surface area contributed by atoms with Gasteiger partial charge in [0.25, 0.3) is 0 Å². The zero-order chi connectivity index (χ0) is 14.5. The van der Waals surface area contributed by atoms with Gasteiger partial charge in [-0.15, -0.1) is 0 Å². The van der Waals surface area contributed by atoms with Crippen molar-refractivity contribution in [3.8, 4) is 11.3 Å². The number of alkyl halides is 3. The molecule has 0 unspecified atom stereocenters. The second-order valence-electron chi connectivity index (χ2n) is 4.44. The molecule has 0 N–H and O–H groups in total. The number of nitrogens with zero attached hydrogens (tertiary/aromatic N) is 3. The van der Waals surface area contributed by atoms with Gasteiger partial charge in [0.15, 0.2) is 5.69 Å². The SMILES string of the molecule is Cn1nc(C(F)(F)F)cc1-c1ccc2c(ccn2Br)c1. The van der Waals surface area contributed by atoms with Gasteiger partial charge in [-0.25, -0.2) is 0 Å². The summed E-state index contributed by atoms with van der Waals surface area (Å²) in [5.41, 5.74) is 1.20. The van der Waals surface area contributed by atoms with Crippen molar-refractivity contribution < 1.29 is 13.2 Å². The predicted octanol–water partition coefficient (Wildman–Crippen LogP) is 4.22. The van der Waals surface area contributed by atoms with Gasteiger partial charge in [0.05, 0.1) is 27.4 Å². The average Bonchev–Trinajstić information content (AvgIpc) is 2.93. The number of fused-ring (bicyclic) bond motifs is 1. The molecule has 20 heavy (non-hydrogen) atoms. The molecule has 3 aromatic rings. The molecule has 104 valence electrons. The van der Waals surface area contributed by atoms with Crippen LogP contribution in [0.25, 0.3) is 22.2 Å². The van der Waals surface area contributed by atoms with Crippen molar-refractivity contribution in [2.75, 3.05) is 0 Å². The van der Waals surface area contributed by atoms with Crippen LogP contribution >= 0.6 is 16.1 Å². The van der Waals surface area contributed by atoms with Gasteiger partial charge < -0.3 is 0 Å². The van der Waals surface area contributed by atoms with Crippen LogP contribution in [0.4, 0.5) is 13.2 Å². The molecule has 0 aliphatic rings. The summed E-state index contributed by atoms with van der Waals surface area (Å²) >= 11 is 3.34. The molecule has 0 atom stereocenters. The van der Waals surface area contributed by atoms with E-state index in [1.54, 1.807) is 9.66 Å². The van der Waals surface area contributed by atoms with Crippen LogP contribution in [-0.4, -0.2) is 13.4 Å². The highest BCUT2D eigenvalue weighted by atomic mass is 79.9. The third kappa shape index (κ3) is 2.11. The second kappa shape index (κ2) is 4.37. The maximum atomic E-state index is 12.7. The summed E-state index contributed by atoms with van der Waals surface area (Å²) in [7, 11) is 1.50. The number of halogens is 4. The fraction of sp³-hybridized carbons (Fsp3) is 0.154. The van der Waals surface area contributed by atoms with Crippen molar-refractivity contribution in [1.82, 2.24) is 13.4 Å². The largest absolute Gasteiger partial charge is 0.435 e. The Kier molecular flexibility index (Phi) is 2.89. The van der Waals surface area contributed by atoms with Crippen molar-refractivity contribution in [2.45, 2.75) is 6.18 Å². The molecule has 0 aliphatic carbocycles. The van der Waals surface area contributed by atoms with E-state index in [0.717, 1.165) is 17.0 Å². The minimum absolute atomic E-state index is 0.432. The van der Waals surface area contributed by atoms with E-state index in [1.807, 2.05) is 24.4 Å². The first-order chi connectivity index (χ1) is 9.36. The topological polar surface area (TPSA) is 22.8 Å². The van der Waals surface area contributed by atoms with E-state index in [0.29, 0.717) is 11.3 Å². The van der Waals surface area contributed by atoms with Gasteiger partial charge in [0, 0.05) is 24.2 Å². The first-order valence-electron chi connectivity index (χ1n) is 5.75. The molecule has 0 radical (unpaired) electrons. The smallest absolute Gasteiger partial charge is 0.284 e. The highest BCUT2D eigenvalue weighted by molar-refractivity contribution is 9.08. The van der Waals surface area contributed by atoms with Gasteiger partial charge >= 0.3 is 6.18 Å². The van der Waals surface area contributed by atoms with E-state index in [2.05, 4.69) is 21.2 Å². The zero-order valence-electron chi connectivity index (χ0n) is 10.3. The number of hydrogen-bond acceptors (Lipinski definition) is 1. The molecular formula is C13H9BrF3N3. The number of aryl methyl sites for hydroxylation is 1. The van der Waals surface area contributed by atoms with Gasteiger partial charge in [0.1, 0.15) is 0 Å². The summed E-state index contributed by atoms with van der Waals surface area (Å²) in [5, 5.41) is 4.46. The van der Waals surface area contributed by atoms with Crippen LogP contribution in [0.5, 0.6) is 0 Å². The van der Waals surface area contributed by atoms with E-state index >= 15 is 0 Å². The van der Waals surface area contributed by atoms with Crippen LogP contribution < -0.4 is 0 Å². The maximum absolute atomic E-state index is 12.7. The maximum Gasteiger partial charge on any atom is 0.435 e. The van der Waals surface area contributed by atoms with Crippen LogP contribution in [0.3, 0.4) is 0 Å². The standard InChI is InChI=1S/C13H9BrF3N3/c1-19-11(7-12(18-19)13(15,16)17)8-2-3-10-9(6-8)4-5-20(10)14/h2-7H,1H3. The Morgan fingerprint density at radius 1 is 1.15 bits per heavy atom. The Bertz CT molecular complexity index is 786. The zero-order valence-corrected chi connectivity index (χ0v) is 11.9. The van der Waals surface area contributed by atoms with Crippen molar-refractivity contribution in [1.29, 1.82) is 0 Å². The third-order valence-electron chi connectivity index (χ3n) is 3.11. The molecule has 3 nitrogen and oxygen atoms in total. The number of benzene rings is 1. The van der Waals surface area contributed by atoms with E-state index in [1.165, 1.54) is 11.7 Å². The Hall–Kier alpha value is -1.76. The van der Waals surface area contributed by atoms with Gasteiger partial charge in [-0.2, -0.15) is 18.3 Å². The highest BCUT2D eigenvalue weighted by Gasteiger charge is 2.34. The third-order valence-corrected chi connectivity index (χ3v) is 3.73. The summed E-state index contributed by atoms with van der Waals surface area (Å²) in [4.78, 5) is 0. The lowest BCUT2D eigenvalue weighted by molar-refractivity contribution is -0.141. The van der Waals surface area contributed by atoms with Crippen LogP contribution in [-0.2, 0) is 13.2 Å². The fourth-order valence-electron chi connectivity index (χ4n) is 2.14. The van der Waals surface area contributed by atoms with Crippen molar-refractivity contribution in [2.24, 2.45) is 7.05 Å². The van der Waals surface area contributed by atoms with Crippen LogP contribution in [0.2, 0.25) is 0 Å². The molecule has 0 fully saturated rings. The number of aromatic nitrogens is 3. The van der Waals surface area contributed by atoms with E-state index in [4.69, 9.17) is 0 Å². The summed E-state index contributed by atoms with van der Waals surface area (Å²) in [5.74, 6) is 0. The molecule has 0 bridgehead atoms. The number of rotatable bonds is 1. The molecular weight excluding hydrogens is 335 g/mol. The first kappa shape index (κ1) is 13.2. The van der Waals surface area contributed by atoms with Crippen molar-refractivity contribution in [3.63, 3.8) is 0 Å². The lowest BCUT2D eigenvalue weighted by Gasteiger charge is -2.02. The van der Waals surface area contributed by atoms with Crippen molar-refractivity contribution >= 4 is 27.1 Å². The predicted molar refractivity (Wildman–Crippen MR) is 73.5 cm³/mol. The molecule has 0 amide bonds. The lowest BCUT2D eigenvalue weighted by Crippen LogP contribution is -2.06. The Labute approximate surface area is 121 Å². The quantitative estimate of drug-likeness (QED) is 0.648. The lowest BCUT2D eigenvalue weighted by atomic mass is 10.1.